The van der Waals surface area contributed by atoms with Crippen molar-refractivity contribution in [2.45, 2.75) is 139 Å². The van der Waals surface area contributed by atoms with Crippen molar-refractivity contribution in [3.8, 4) is 0 Å². The molecular formula is C61H69BN2S. The fraction of sp³-hybridized carbons (Fsp3) is 0.410. The van der Waals surface area contributed by atoms with E-state index in [9.17, 15) is 0 Å². The van der Waals surface area contributed by atoms with Gasteiger partial charge in [0, 0.05) is 38.1 Å². The van der Waals surface area contributed by atoms with Gasteiger partial charge in [-0.3, -0.25) is 0 Å². The van der Waals surface area contributed by atoms with Gasteiger partial charge in [0.1, 0.15) is 0 Å². The first-order chi connectivity index (χ1) is 30.6. The van der Waals surface area contributed by atoms with Crippen molar-refractivity contribution in [1.82, 2.24) is 0 Å². The van der Waals surface area contributed by atoms with Crippen LogP contribution in [0.2, 0.25) is 0 Å². The highest BCUT2D eigenvalue weighted by Gasteiger charge is 2.50. The van der Waals surface area contributed by atoms with E-state index < -0.39 is 0 Å². The summed E-state index contributed by atoms with van der Waals surface area (Å²) in [7, 11) is 0. The van der Waals surface area contributed by atoms with Crippen LogP contribution in [0.15, 0.2) is 114 Å². The quantitative estimate of drug-likeness (QED) is 0.164. The molecule has 4 aromatic carbocycles. The molecule has 0 spiro atoms. The van der Waals surface area contributed by atoms with Gasteiger partial charge in [-0.05, 0) is 183 Å². The molecule has 5 aromatic rings. The molecule has 1 fully saturated rings. The molecule has 0 radical (unpaired) electrons. The predicted molar refractivity (Wildman–Crippen MR) is 284 cm³/mol. The highest BCUT2D eigenvalue weighted by atomic mass is 32.1. The first kappa shape index (κ1) is 42.8. The van der Waals surface area contributed by atoms with Crippen LogP contribution >= 0.6 is 11.3 Å². The van der Waals surface area contributed by atoms with Crippen molar-refractivity contribution in [2.75, 3.05) is 9.80 Å². The van der Waals surface area contributed by atoms with Gasteiger partial charge in [-0.2, -0.15) is 0 Å². The van der Waals surface area contributed by atoms with Gasteiger partial charge in [-0.25, -0.2) is 0 Å². The number of thiophene rings is 1. The number of nitrogens with zero attached hydrogens (tertiary/aromatic N) is 2. The second kappa shape index (κ2) is 14.4. The topological polar surface area (TPSA) is 6.48 Å². The summed E-state index contributed by atoms with van der Waals surface area (Å²) >= 11 is 2.05. The Balaban J connectivity index is 1.22. The van der Waals surface area contributed by atoms with Crippen molar-refractivity contribution >= 4 is 73.8 Å². The van der Waals surface area contributed by atoms with Crippen LogP contribution < -0.4 is 25.5 Å². The number of anilines is 5. The SMILES string of the molecule is Cc1ccc2c(c1)N(C1=C(c3ccccc3)CC3C(=C1)C(C)(C)CCC3(C)C)c1cc(C)cc3c1B2c1sc2c(c1N3c1ccc3c(c1)C(C)(C)CCC3(C)C)CC=C(C(C)(C)C)C=C2. The minimum Gasteiger partial charge on any atom is -0.311 e. The second-order valence-electron chi connectivity index (χ2n) is 24.4. The van der Waals surface area contributed by atoms with Crippen molar-refractivity contribution in [1.29, 1.82) is 0 Å². The molecule has 0 N–H and O–H groups in total. The van der Waals surface area contributed by atoms with Crippen LogP contribution in [-0.4, -0.2) is 6.71 Å². The summed E-state index contributed by atoms with van der Waals surface area (Å²) in [6.07, 6.45) is 16.9. The third-order valence-electron chi connectivity index (χ3n) is 17.1. The average Bonchev–Trinajstić information content (AvgIpc) is 3.46. The third kappa shape index (κ3) is 6.61. The number of hydrogen-bond donors (Lipinski definition) is 0. The molecule has 1 saturated carbocycles. The molecule has 0 bridgehead atoms. The Morgan fingerprint density at radius 1 is 0.677 bits per heavy atom. The third-order valence-corrected chi connectivity index (χ3v) is 18.3. The molecule has 332 valence electrons. The Bertz CT molecular complexity index is 2950. The zero-order valence-corrected chi connectivity index (χ0v) is 42.3. The number of hydrogen-bond acceptors (Lipinski definition) is 3. The van der Waals surface area contributed by atoms with E-state index in [0.717, 1.165) is 12.8 Å². The van der Waals surface area contributed by atoms with Crippen LogP contribution in [0.25, 0.3) is 11.6 Å². The van der Waals surface area contributed by atoms with Gasteiger partial charge in [0.15, 0.2) is 0 Å². The maximum absolute atomic E-state index is 2.74. The molecular weight excluding hydrogens is 804 g/mol. The van der Waals surface area contributed by atoms with Crippen LogP contribution in [0, 0.1) is 36.0 Å². The van der Waals surface area contributed by atoms with Gasteiger partial charge in [0.05, 0.1) is 5.69 Å². The van der Waals surface area contributed by atoms with Crippen molar-refractivity contribution < 1.29 is 0 Å². The Kier molecular flexibility index (Phi) is 9.46. The molecule has 0 saturated heterocycles. The number of allylic oxidation sites excluding steroid dienone is 6. The van der Waals surface area contributed by atoms with Gasteiger partial charge < -0.3 is 9.80 Å². The maximum atomic E-state index is 2.74. The van der Waals surface area contributed by atoms with Gasteiger partial charge >= 0.3 is 0 Å². The molecule has 11 rings (SSSR count). The summed E-state index contributed by atoms with van der Waals surface area (Å²) in [6.45, 7) is 31.7. The summed E-state index contributed by atoms with van der Waals surface area (Å²) in [4.78, 5) is 6.88. The first-order valence-electron chi connectivity index (χ1n) is 24.7. The van der Waals surface area contributed by atoms with E-state index in [1.165, 1.54) is 125 Å². The van der Waals surface area contributed by atoms with Gasteiger partial charge in [-0.15, -0.1) is 11.3 Å². The van der Waals surface area contributed by atoms with Crippen LogP contribution in [-0.2, 0) is 17.3 Å². The lowest BCUT2D eigenvalue weighted by Crippen LogP contribution is -2.61. The largest absolute Gasteiger partial charge is 0.311 e. The van der Waals surface area contributed by atoms with E-state index in [-0.39, 0.29) is 33.8 Å². The normalized spacial score (nSPS) is 21.9. The lowest BCUT2D eigenvalue weighted by Gasteiger charge is -2.52. The first-order valence-corrected chi connectivity index (χ1v) is 25.5. The van der Waals surface area contributed by atoms with E-state index in [0.29, 0.717) is 5.92 Å². The zero-order valence-electron chi connectivity index (χ0n) is 41.5. The van der Waals surface area contributed by atoms with E-state index in [1.807, 2.05) is 11.3 Å². The fourth-order valence-electron chi connectivity index (χ4n) is 12.9. The Hall–Kier alpha value is -4.80. The van der Waals surface area contributed by atoms with Crippen molar-refractivity contribution in [3.05, 3.63) is 152 Å². The second-order valence-corrected chi connectivity index (χ2v) is 25.5. The number of fused-ring (bicyclic) bond motifs is 8. The number of rotatable bonds is 3. The molecule has 65 heavy (non-hydrogen) atoms. The minimum absolute atomic E-state index is 0.0772. The molecule has 1 unspecified atom stereocenters. The molecule has 1 atom stereocenters. The van der Waals surface area contributed by atoms with Crippen molar-refractivity contribution in [3.63, 3.8) is 0 Å². The van der Waals surface area contributed by atoms with Crippen LogP contribution in [0.4, 0.5) is 28.4 Å². The number of aryl methyl sites for hydroxylation is 2. The Morgan fingerprint density at radius 2 is 1.35 bits per heavy atom. The molecule has 1 aromatic heterocycles. The van der Waals surface area contributed by atoms with Gasteiger partial charge in [0.2, 0.25) is 0 Å². The monoisotopic (exact) mass is 873 g/mol. The van der Waals surface area contributed by atoms with E-state index in [4.69, 9.17) is 0 Å². The smallest absolute Gasteiger partial charge is 0.264 e. The van der Waals surface area contributed by atoms with E-state index in [2.05, 4.69) is 203 Å². The molecule has 4 heteroatoms. The maximum Gasteiger partial charge on any atom is 0.264 e. The highest BCUT2D eigenvalue weighted by Crippen LogP contribution is 2.59. The fourth-order valence-corrected chi connectivity index (χ4v) is 14.2. The molecule has 0 amide bonds. The molecule has 3 heterocycles. The average molecular weight is 873 g/mol. The Labute approximate surface area is 395 Å². The summed E-state index contributed by atoms with van der Waals surface area (Å²) in [6, 6.07) is 31.4. The molecule has 6 aliphatic rings. The van der Waals surface area contributed by atoms with Crippen LogP contribution in [0.5, 0.6) is 0 Å². The molecule has 2 aliphatic heterocycles. The van der Waals surface area contributed by atoms with Crippen LogP contribution in [0.3, 0.4) is 0 Å². The van der Waals surface area contributed by atoms with Crippen LogP contribution in [0.1, 0.15) is 147 Å². The van der Waals surface area contributed by atoms with Crippen molar-refractivity contribution in [2.24, 2.45) is 22.2 Å². The standard InChI is InChI=1S/C61H69BN2S/c1-37-19-25-48-50(31-37)64(49-36-47-46(60(10,11)29-30-61(47,12)13)35-43(49)39-17-15-14-16-18-39)52-33-38(2)32-51-54(52)62(48)56-55(42-23-20-40(57(3,4)5)21-26-53(42)65-56)63(51)41-22-24-44-45(34-41)59(8,9)28-27-58(44,6)7/h14-22,24-26,31-34,36,46H,23,27-30,35H2,1-13H3. The summed E-state index contributed by atoms with van der Waals surface area (Å²) < 4.78 is 1.47. The summed E-state index contributed by atoms with van der Waals surface area (Å²) in [5, 5.41) is 0. The van der Waals surface area contributed by atoms with E-state index >= 15 is 0 Å². The summed E-state index contributed by atoms with van der Waals surface area (Å²) in [5.41, 5.74) is 24.5. The zero-order chi connectivity index (χ0) is 45.7. The highest BCUT2D eigenvalue weighted by molar-refractivity contribution is 7.29. The van der Waals surface area contributed by atoms with Gasteiger partial charge in [0.25, 0.3) is 6.71 Å². The lowest BCUT2D eigenvalue weighted by molar-refractivity contribution is 0.125. The lowest BCUT2D eigenvalue weighted by atomic mass is 9.36. The molecule has 2 nitrogen and oxygen atoms in total. The molecule has 4 aliphatic carbocycles. The predicted octanol–water partition coefficient (Wildman–Crippen LogP) is 15.2. The minimum atomic E-state index is 0.0772. The number of benzene rings is 4. The van der Waals surface area contributed by atoms with Gasteiger partial charge in [-0.1, -0.05) is 142 Å². The summed E-state index contributed by atoms with van der Waals surface area (Å²) in [5.74, 6) is 0.491. The Morgan fingerprint density at radius 3 is 2.08 bits per heavy atom. The van der Waals surface area contributed by atoms with E-state index in [1.54, 1.807) is 5.57 Å².